The summed E-state index contributed by atoms with van der Waals surface area (Å²) in [6, 6.07) is 14.8. The second kappa shape index (κ2) is 7.67. The molecule has 1 aliphatic heterocycles. The standard InChI is InChI=1S/C19H21N3O4S/c23-27(24,15-16-5-2-1-3-6-16)22-10-8-21(9-11-22)14-17-13-19(26-20-17)18-7-4-12-25-18/h1-7,12-13H,8-11,14-15H2/p+1. The minimum atomic E-state index is -3.28. The number of furan rings is 1. The largest absolute Gasteiger partial charge is 0.461 e. The summed E-state index contributed by atoms with van der Waals surface area (Å²) in [5.41, 5.74) is 1.66. The highest BCUT2D eigenvalue weighted by Crippen LogP contribution is 2.20. The second-order valence-corrected chi connectivity index (χ2v) is 8.70. The van der Waals surface area contributed by atoms with Crippen molar-refractivity contribution in [1.29, 1.82) is 0 Å². The van der Waals surface area contributed by atoms with Gasteiger partial charge in [-0.1, -0.05) is 35.5 Å². The van der Waals surface area contributed by atoms with Crippen LogP contribution in [0.2, 0.25) is 0 Å². The zero-order valence-corrected chi connectivity index (χ0v) is 15.7. The minimum Gasteiger partial charge on any atom is -0.461 e. The highest BCUT2D eigenvalue weighted by atomic mass is 32.2. The molecule has 1 saturated heterocycles. The van der Waals surface area contributed by atoms with Crippen LogP contribution in [0.1, 0.15) is 11.3 Å². The first-order valence-electron chi connectivity index (χ1n) is 8.95. The molecule has 1 aromatic carbocycles. The van der Waals surface area contributed by atoms with E-state index in [9.17, 15) is 8.42 Å². The van der Waals surface area contributed by atoms with Gasteiger partial charge in [0.05, 0.1) is 38.2 Å². The van der Waals surface area contributed by atoms with Crippen LogP contribution >= 0.6 is 0 Å². The summed E-state index contributed by atoms with van der Waals surface area (Å²) in [5, 5.41) is 4.10. The Hall–Kier alpha value is -2.42. The van der Waals surface area contributed by atoms with Crippen molar-refractivity contribution >= 4 is 10.0 Å². The van der Waals surface area contributed by atoms with Crippen LogP contribution in [0.5, 0.6) is 0 Å². The van der Waals surface area contributed by atoms with Crippen molar-refractivity contribution in [2.75, 3.05) is 26.2 Å². The van der Waals surface area contributed by atoms with Crippen LogP contribution in [-0.4, -0.2) is 44.1 Å². The monoisotopic (exact) mass is 388 g/mol. The maximum absolute atomic E-state index is 12.6. The molecule has 3 heterocycles. The fraction of sp³-hybridized carbons (Fsp3) is 0.316. The number of piperazine rings is 1. The number of quaternary nitrogens is 1. The van der Waals surface area contributed by atoms with Crippen LogP contribution in [0.3, 0.4) is 0 Å². The highest BCUT2D eigenvalue weighted by molar-refractivity contribution is 7.88. The van der Waals surface area contributed by atoms with Gasteiger partial charge in [-0.2, -0.15) is 4.31 Å². The molecule has 8 heteroatoms. The van der Waals surface area contributed by atoms with Gasteiger partial charge in [-0.15, -0.1) is 0 Å². The van der Waals surface area contributed by atoms with E-state index in [1.54, 1.807) is 16.6 Å². The fourth-order valence-corrected chi connectivity index (χ4v) is 4.85. The molecule has 0 atom stereocenters. The molecule has 4 rings (SSSR count). The van der Waals surface area contributed by atoms with Crippen LogP contribution in [0.25, 0.3) is 11.5 Å². The zero-order chi connectivity index (χ0) is 18.7. The van der Waals surface area contributed by atoms with Crippen LogP contribution < -0.4 is 4.90 Å². The van der Waals surface area contributed by atoms with Crippen LogP contribution in [0.4, 0.5) is 0 Å². The van der Waals surface area contributed by atoms with Gasteiger partial charge in [0.2, 0.25) is 15.8 Å². The summed E-state index contributed by atoms with van der Waals surface area (Å²) in [5.74, 6) is 1.32. The Kier molecular flexibility index (Phi) is 5.11. The molecule has 1 fully saturated rings. The van der Waals surface area contributed by atoms with E-state index in [1.807, 2.05) is 42.5 Å². The number of aromatic nitrogens is 1. The molecule has 0 unspecified atom stereocenters. The maximum Gasteiger partial charge on any atom is 0.218 e. The maximum atomic E-state index is 12.6. The van der Waals surface area contributed by atoms with Crippen LogP contribution in [-0.2, 0) is 22.3 Å². The average molecular weight is 388 g/mol. The molecule has 142 valence electrons. The Labute approximate surface area is 158 Å². The van der Waals surface area contributed by atoms with E-state index in [2.05, 4.69) is 5.16 Å². The number of hydrogen-bond acceptors (Lipinski definition) is 5. The molecule has 0 amide bonds. The van der Waals surface area contributed by atoms with Gasteiger partial charge in [0, 0.05) is 6.07 Å². The molecular weight excluding hydrogens is 366 g/mol. The molecule has 1 aliphatic rings. The number of rotatable bonds is 6. The first kappa shape index (κ1) is 18.0. The molecular formula is C19H22N3O4S+. The Balaban J connectivity index is 1.32. The fourth-order valence-electron chi connectivity index (χ4n) is 3.32. The Morgan fingerprint density at radius 2 is 1.81 bits per heavy atom. The first-order valence-corrected chi connectivity index (χ1v) is 10.6. The van der Waals surface area contributed by atoms with Gasteiger partial charge in [-0.3, -0.25) is 0 Å². The molecule has 2 aromatic heterocycles. The molecule has 27 heavy (non-hydrogen) atoms. The highest BCUT2D eigenvalue weighted by Gasteiger charge is 2.29. The number of benzene rings is 1. The van der Waals surface area contributed by atoms with Gasteiger partial charge in [-0.25, -0.2) is 8.42 Å². The second-order valence-electron chi connectivity index (χ2n) is 6.73. The Bertz CT molecular complexity index is 960. The molecule has 3 aromatic rings. The number of nitrogens with one attached hydrogen (secondary N) is 1. The summed E-state index contributed by atoms with van der Waals surface area (Å²) in [7, 11) is -3.28. The van der Waals surface area contributed by atoms with Crippen molar-refractivity contribution < 1.29 is 22.3 Å². The molecule has 0 aliphatic carbocycles. The van der Waals surface area contributed by atoms with Gasteiger partial charge < -0.3 is 13.8 Å². The van der Waals surface area contributed by atoms with Gasteiger partial charge in [0.1, 0.15) is 12.2 Å². The minimum absolute atomic E-state index is 0.0545. The predicted octanol–water partition coefficient (Wildman–Crippen LogP) is 1.17. The van der Waals surface area contributed by atoms with Crippen molar-refractivity contribution in [1.82, 2.24) is 9.46 Å². The summed E-state index contributed by atoms with van der Waals surface area (Å²) < 4.78 is 37.5. The third-order valence-corrected chi connectivity index (χ3v) is 6.62. The third kappa shape index (κ3) is 4.29. The van der Waals surface area contributed by atoms with Crippen molar-refractivity contribution in [2.24, 2.45) is 0 Å². The molecule has 0 saturated carbocycles. The quantitative estimate of drug-likeness (QED) is 0.686. The van der Waals surface area contributed by atoms with Gasteiger partial charge in [0.25, 0.3) is 0 Å². The lowest BCUT2D eigenvalue weighted by molar-refractivity contribution is -0.917. The zero-order valence-electron chi connectivity index (χ0n) is 14.9. The summed E-state index contributed by atoms with van der Waals surface area (Å²) in [6.45, 7) is 3.24. The molecule has 0 bridgehead atoms. The van der Waals surface area contributed by atoms with Crippen molar-refractivity contribution in [3.8, 4) is 11.5 Å². The van der Waals surface area contributed by atoms with Crippen molar-refractivity contribution in [3.05, 3.63) is 66.1 Å². The van der Waals surface area contributed by atoms with E-state index in [0.29, 0.717) is 31.2 Å². The molecule has 0 radical (unpaired) electrons. The van der Waals surface area contributed by atoms with E-state index < -0.39 is 10.0 Å². The lowest BCUT2D eigenvalue weighted by Crippen LogP contribution is -3.13. The third-order valence-electron chi connectivity index (χ3n) is 4.77. The number of hydrogen-bond donors (Lipinski definition) is 1. The molecule has 0 spiro atoms. The number of nitrogens with zero attached hydrogens (tertiary/aromatic N) is 2. The average Bonchev–Trinajstić information content (AvgIpc) is 3.34. The van der Waals surface area contributed by atoms with E-state index in [1.165, 1.54) is 4.90 Å². The normalized spacial score (nSPS) is 16.6. The number of sulfonamides is 1. The summed E-state index contributed by atoms with van der Waals surface area (Å²) in [6.07, 6.45) is 1.60. The molecule has 7 nitrogen and oxygen atoms in total. The Morgan fingerprint density at radius 3 is 2.52 bits per heavy atom. The predicted molar refractivity (Wildman–Crippen MR) is 99.2 cm³/mol. The van der Waals surface area contributed by atoms with E-state index in [-0.39, 0.29) is 5.75 Å². The van der Waals surface area contributed by atoms with Gasteiger partial charge >= 0.3 is 0 Å². The topological polar surface area (TPSA) is 81.0 Å². The van der Waals surface area contributed by atoms with Crippen LogP contribution in [0, 0.1) is 0 Å². The van der Waals surface area contributed by atoms with Gasteiger partial charge in [0.15, 0.2) is 5.76 Å². The smallest absolute Gasteiger partial charge is 0.218 e. The summed E-state index contributed by atoms with van der Waals surface area (Å²) in [4.78, 5) is 1.29. The lowest BCUT2D eigenvalue weighted by Gasteiger charge is -2.31. The van der Waals surface area contributed by atoms with E-state index in [0.717, 1.165) is 24.3 Å². The SMILES string of the molecule is O=S(=O)(Cc1ccccc1)N1CC[NH+](Cc2cc(-c3ccco3)on2)CC1. The molecule has 1 N–H and O–H groups in total. The van der Waals surface area contributed by atoms with Gasteiger partial charge in [-0.05, 0) is 17.7 Å². The Morgan fingerprint density at radius 1 is 1.04 bits per heavy atom. The van der Waals surface area contributed by atoms with E-state index >= 15 is 0 Å². The van der Waals surface area contributed by atoms with Crippen molar-refractivity contribution in [2.45, 2.75) is 12.3 Å². The summed E-state index contributed by atoms with van der Waals surface area (Å²) >= 11 is 0. The van der Waals surface area contributed by atoms with Crippen molar-refractivity contribution in [3.63, 3.8) is 0 Å². The first-order chi connectivity index (χ1) is 13.1. The van der Waals surface area contributed by atoms with Crippen LogP contribution in [0.15, 0.2) is 63.7 Å². The van der Waals surface area contributed by atoms with E-state index in [4.69, 9.17) is 8.94 Å². The lowest BCUT2D eigenvalue weighted by atomic mass is 10.2.